The first-order valence-electron chi connectivity index (χ1n) is 3.93. The summed E-state index contributed by atoms with van der Waals surface area (Å²) < 4.78 is 13.2. The Balaban J connectivity index is 3.06. The van der Waals surface area contributed by atoms with Crippen molar-refractivity contribution >= 4 is 12.6 Å². The van der Waals surface area contributed by atoms with E-state index in [0.29, 0.717) is 5.56 Å². The predicted octanol–water partition coefficient (Wildman–Crippen LogP) is -0.475. The Morgan fingerprint density at radius 2 is 2.08 bits per heavy atom. The summed E-state index contributed by atoms with van der Waals surface area (Å²) >= 11 is 0. The Bertz CT molecular complexity index is 304. The van der Waals surface area contributed by atoms with Crippen molar-refractivity contribution in [1.29, 1.82) is 0 Å². The van der Waals surface area contributed by atoms with Gasteiger partial charge < -0.3 is 15.8 Å². The maximum absolute atomic E-state index is 13.2. The van der Waals surface area contributed by atoms with E-state index in [-0.39, 0.29) is 5.46 Å². The molecule has 0 aliphatic heterocycles. The molecular weight excluding hydrogens is 172 g/mol. The van der Waals surface area contributed by atoms with Crippen LogP contribution in [0.3, 0.4) is 0 Å². The van der Waals surface area contributed by atoms with Gasteiger partial charge in [0.15, 0.2) is 0 Å². The normalized spacial score (nSPS) is 12.7. The summed E-state index contributed by atoms with van der Waals surface area (Å²) in [5, 5.41) is 17.5. The van der Waals surface area contributed by atoms with Crippen LogP contribution in [0.1, 0.15) is 18.5 Å². The quantitative estimate of drug-likeness (QED) is 0.542. The van der Waals surface area contributed by atoms with Gasteiger partial charge in [-0.2, -0.15) is 0 Å². The second-order valence-corrected chi connectivity index (χ2v) is 2.94. The molecule has 3 nitrogen and oxygen atoms in total. The highest BCUT2D eigenvalue weighted by molar-refractivity contribution is 6.58. The molecule has 4 N–H and O–H groups in total. The van der Waals surface area contributed by atoms with Crippen LogP contribution in [-0.2, 0) is 0 Å². The van der Waals surface area contributed by atoms with Crippen LogP contribution in [0.25, 0.3) is 0 Å². The van der Waals surface area contributed by atoms with Gasteiger partial charge in [0, 0.05) is 11.6 Å². The smallest absolute Gasteiger partial charge is 0.423 e. The lowest BCUT2D eigenvalue weighted by atomic mass is 9.79. The van der Waals surface area contributed by atoms with Gasteiger partial charge in [-0.05, 0) is 18.5 Å². The minimum Gasteiger partial charge on any atom is -0.423 e. The highest BCUT2D eigenvalue weighted by Crippen LogP contribution is 2.12. The van der Waals surface area contributed by atoms with Gasteiger partial charge in [0.1, 0.15) is 5.82 Å². The summed E-state index contributed by atoms with van der Waals surface area (Å²) in [4.78, 5) is 0. The van der Waals surface area contributed by atoms with E-state index < -0.39 is 19.0 Å². The van der Waals surface area contributed by atoms with E-state index in [0.717, 1.165) is 6.07 Å². The lowest BCUT2D eigenvalue weighted by Crippen LogP contribution is -2.30. The molecule has 0 saturated heterocycles. The van der Waals surface area contributed by atoms with Gasteiger partial charge in [-0.15, -0.1) is 0 Å². The fourth-order valence-electron chi connectivity index (χ4n) is 1.07. The van der Waals surface area contributed by atoms with Crippen LogP contribution in [0.5, 0.6) is 0 Å². The van der Waals surface area contributed by atoms with Crippen molar-refractivity contribution in [2.45, 2.75) is 13.0 Å². The topological polar surface area (TPSA) is 66.5 Å². The van der Waals surface area contributed by atoms with Crippen molar-refractivity contribution in [2.75, 3.05) is 0 Å². The van der Waals surface area contributed by atoms with Crippen molar-refractivity contribution in [3.63, 3.8) is 0 Å². The molecule has 0 radical (unpaired) electrons. The Labute approximate surface area is 76.1 Å². The Morgan fingerprint density at radius 3 is 2.46 bits per heavy atom. The van der Waals surface area contributed by atoms with Crippen molar-refractivity contribution in [3.8, 4) is 0 Å². The largest absolute Gasteiger partial charge is 0.488 e. The van der Waals surface area contributed by atoms with Crippen LogP contribution < -0.4 is 11.2 Å². The number of hydrogen-bond donors (Lipinski definition) is 3. The summed E-state index contributed by atoms with van der Waals surface area (Å²) in [6.45, 7) is 1.66. The predicted molar refractivity (Wildman–Crippen MR) is 48.8 cm³/mol. The summed E-state index contributed by atoms with van der Waals surface area (Å²) in [6, 6.07) is 3.56. The maximum Gasteiger partial charge on any atom is 0.488 e. The molecule has 1 atom stereocenters. The third-order valence-corrected chi connectivity index (χ3v) is 1.81. The summed E-state index contributed by atoms with van der Waals surface area (Å²) in [6.07, 6.45) is 0. The van der Waals surface area contributed by atoms with Crippen molar-refractivity contribution in [1.82, 2.24) is 0 Å². The number of halogens is 1. The fourth-order valence-corrected chi connectivity index (χ4v) is 1.07. The molecule has 0 heterocycles. The van der Waals surface area contributed by atoms with Crippen LogP contribution in [0, 0.1) is 5.82 Å². The first-order chi connectivity index (χ1) is 6.02. The molecule has 13 heavy (non-hydrogen) atoms. The molecule has 0 aliphatic rings. The minimum absolute atomic E-state index is 0.127. The first kappa shape index (κ1) is 10.2. The van der Waals surface area contributed by atoms with Crippen LogP contribution in [0.15, 0.2) is 18.2 Å². The van der Waals surface area contributed by atoms with Gasteiger partial charge in [0.2, 0.25) is 0 Å². The van der Waals surface area contributed by atoms with E-state index in [1.807, 2.05) is 0 Å². The summed E-state index contributed by atoms with van der Waals surface area (Å²) in [7, 11) is -1.64. The maximum atomic E-state index is 13.2. The van der Waals surface area contributed by atoms with Gasteiger partial charge in [0.25, 0.3) is 0 Å². The number of nitrogens with two attached hydrogens (primary N) is 1. The highest BCUT2D eigenvalue weighted by atomic mass is 19.1. The molecule has 0 saturated carbocycles. The van der Waals surface area contributed by atoms with Crippen LogP contribution in [0.2, 0.25) is 0 Å². The molecular formula is C8H11BFNO2. The Kier molecular flexibility index (Phi) is 3.03. The molecule has 0 bridgehead atoms. The Hall–Kier alpha value is -0.905. The third-order valence-electron chi connectivity index (χ3n) is 1.81. The van der Waals surface area contributed by atoms with Crippen molar-refractivity contribution in [2.24, 2.45) is 5.73 Å². The molecule has 1 aromatic carbocycles. The van der Waals surface area contributed by atoms with E-state index in [1.165, 1.54) is 12.1 Å². The van der Waals surface area contributed by atoms with Crippen LogP contribution >= 0.6 is 0 Å². The minimum atomic E-state index is -1.64. The molecule has 0 spiro atoms. The number of benzene rings is 1. The summed E-state index contributed by atoms with van der Waals surface area (Å²) in [5.74, 6) is -0.513. The molecule has 0 aliphatic carbocycles. The lowest BCUT2D eigenvalue weighted by molar-refractivity contribution is 0.425. The van der Waals surface area contributed by atoms with E-state index in [2.05, 4.69) is 0 Å². The molecule has 70 valence electrons. The van der Waals surface area contributed by atoms with Gasteiger partial charge in [-0.25, -0.2) is 4.39 Å². The molecule has 0 amide bonds. The molecule has 1 aromatic rings. The lowest BCUT2D eigenvalue weighted by Gasteiger charge is -2.08. The monoisotopic (exact) mass is 183 g/mol. The van der Waals surface area contributed by atoms with Gasteiger partial charge in [-0.1, -0.05) is 12.1 Å². The van der Waals surface area contributed by atoms with Crippen LogP contribution in [-0.4, -0.2) is 17.2 Å². The Morgan fingerprint density at radius 1 is 1.46 bits per heavy atom. The van der Waals surface area contributed by atoms with Crippen LogP contribution in [0.4, 0.5) is 4.39 Å². The highest BCUT2D eigenvalue weighted by Gasteiger charge is 2.14. The van der Waals surface area contributed by atoms with Gasteiger partial charge in [-0.3, -0.25) is 0 Å². The SMILES string of the molecule is C[C@@H](N)c1ccc(B(O)O)cc1F. The average Bonchev–Trinajstić information content (AvgIpc) is 2.03. The molecule has 0 unspecified atom stereocenters. The molecule has 0 aromatic heterocycles. The van der Waals surface area contributed by atoms with E-state index in [1.54, 1.807) is 6.92 Å². The van der Waals surface area contributed by atoms with Gasteiger partial charge in [0.05, 0.1) is 0 Å². The van der Waals surface area contributed by atoms with E-state index >= 15 is 0 Å². The van der Waals surface area contributed by atoms with Crippen molar-refractivity contribution in [3.05, 3.63) is 29.6 Å². The van der Waals surface area contributed by atoms with Gasteiger partial charge >= 0.3 is 7.12 Å². The first-order valence-corrected chi connectivity index (χ1v) is 3.93. The number of rotatable bonds is 2. The van der Waals surface area contributed by atoms with E-state index in [4.69, 9.17) is 15.8 Å². The second-order valence-electron chi connectivity index (χ2n) is 2.94. The fraction of sp³-hybridized carbons (Fsp3) is 0.250. The zero-order valence-electron chi connectivity index (χ0n) is 7.24. The van der Waals surface area contributed by atoms with Crippen molar-refractivity contribution < 1.29 is 14.4 Å². The van der Waals surface area contributed by atoms with E-state index in [9.17, 15) is 4.39 Å². The molecule has 0 fully saturated rings. The zero-order chi connectivity index (χ0) is 10.0. The summed E-state index contributed by atoms with van der Waals surface area (Å²) in [5.41, 5.74) is 5.97. The molecule has 5 heteroatoms. The standard InChI is InChI=1S/C8H11BFNO2/c1-5(11)7-3-2-6(9(12)13)4-8(7)10/h2-5,12-13H,11H2,1H3/t5-/m1/s1. The number of hydrogen-bond acceptors (Lipinski definition) is 3. The third kappa shape index (κ3) is 2.27. The average molecular weight is 183 g/mol. The zero-order valence-corrected chi connectivity index (χ0v) is 7.24. The second kappa shape index (κ2) is 3.87. The molecule has 1 rings (SSSR count).